The SMILES string of the molecule is NC1CCC(NC(=O)c2cccn2C2CCC2)CC1. The highest BCUT2D eigenvalue weighted by atomic mass is 16.2. The maximum atomic E-state index is 12.4. The van der Waals surface area contributed by atoms with Gasteiger partial charge in [-0.25, -0.2) is 0 Å². The molecule has 2 fully saturated rings. The van der Waals surface area contributed by atoms with Gasteiger partial charge in [-0.1, -0.05) is 0 Å². The first kappa shape index (κ1) is 12.7. The molecule has 1 heterocycles. The molecular weight excluding hydrogens is 238 g/mol. The summed E-state index contributed by atoms with van der Waals surface area (Å²) in [7, 11) is 0. The van der Waals surface area contributed by atoms with Crippen molar-refractivity contribution in [3.8, 4) is 0 Å². The molecule has 0 aliphatic heterocycles. The molecule has 3 N–H and O–H groups in total. The van der Waals surface area contributed by atoms with Crippen LogP contribution in [0.15, 0.2) is 18.3 Å². The minimum Gasteiger partial charge on any atom is -0.348 e. The summed E-state index contributed by atoms with van der Waals surface area (Å²) in [5.74, 6) is 0.0809. The smallest absolute Gasteiger partial charge is 0.268 e. The number of aromatic nitrogens is 1. The summed E-state index contributed by atoms with van der Waals surface area (Å²) in [4.78, 5) is 12.4. The minimum absolute atomic E-state index is 0.0809. The molecule has 104 valence electrons. The molecule has 0 bridgehead atoms. The first-order valence-electron chi connectivity index (χ1n) is 7.47. The molecule has 0 radical (unpaired) electrons. The summed E-state index contributed by atoms with van der Waals surface area (Å²) in [6.45, 7) is 0. The average Bonchev–Trinajstić information content (AvgIpc) is 2.79. The fraction of sp³-hybridized carbons (Fsp3) is 0.667. The lowest BCUT2D eigenvalue weighted by Gasteiger charge is -2.30. The van der Waals surface area contributed by atoms with E-state index >= 15 is 0 Å². The van der Waals surface area contributed by atoms with E-state index in [1.54, 1.807) is 0 Å². The summed E-state index contributed by atoms with van der Waals surface area (Å²) in [5, 5.41) is 3.17. The molecule has 4 heteroatoms. The summed E-state index contributed by atoms with van der Waals surface area (Å²) in [6, 6.07) is 5.08. The number of nitrogens with two attached hydrogens (primary N) is 1. The molecule has 1 aromatic heterocycles. The predicted octanol–water partition coefficient (Wildman–Crippen LogP) is 2.21. The number of hydrogen-bond donors (Lipinski definition) is 2. The van der Waals surface area contributed by atoms with E-state index in [0.717, 1.165) is 31.4 Å². The van der Waals surface area contributed by atoms with Crippen LogP contribution in [-0.2, 0) is 0 Å². The van der Waals surface area contributed by atoms with Crippen LogP contribution >= 0.6 is 0 Å². The van der Waals surface area contributed by atoms with Gasteiger partial charge in [0.25, 0.3) is 5.91 Å². The number of hydrogen-bond acceptors (Lipinski definition) is 2. The Morgan fingerprint density at radius 3 is 2.58 bits per heavy atom. The van der Waals surface area contributed by atoms with Crippen molar-refractivity contribution < 1.29 is 4.79 Å². The van der Waals surface area contributed by atoms with E-state index in [-0.39, 0.29) is 5.91 Å². The van der Waals surface area contributed by atoms with Crippen LogP contribution < -0.4 is 11.1 Å². The molecule has 0 atom stereocenters. The van der Waals surface area contributed by atoms with Crippen molar-refractivity contribution in [3.05, 3.63) is 24.0 Å². The van der Waals surface area contributed by atoms with Gasteiger partial charge in [0.05, 0.1) is 0 Å². The number of carbonyl (C=O) groups is 1. The van der Waals surface area contributed by atoms with Gasteiger partial charge in [-0.15, -0.1) is 0 Å². The van der Waals surface area contributed by atoms with Crippen LogP contribution in [0.3, 0.4) is 0 Å². The van der Waals surface area contributed by atoms with Crippen LogP contribution in [0.4, 0.5) is 0 Å². The highest BCUT2D eigenvalue weighted by Crippen LogP contribution is 2.32. The summed E-state index contributed by atoms with van der Waals surface area (Å²) in [5.41, 5.74) is 6.71. The monoisotopic (exact) mass is 261 g/mol. The van der Waals surface area contributed by atoms with Crippen LogP contribution in [0.2, 0.25) is 0 Å². The molecule has 4 nitrogen and oxygen atoms in total. The molecule has 2 saturated carbocycles. The number of amides is 1. The van der Waals surface area contributed by atoms with Crippen molar-refractivity contribution in [3.63, 3.8) is 0 Å². The van der Waals surface area contributed by atoms with E-state index in [1.807, 2.05) is 18.3 Å². The Bertz CT molecular complexity index is 442. The van der Waals surface area contributed by atoms with E-state index in [9.17, 15) is 4.79 Å². The summed E-state index contributed by atoms with van der Waals surface area (Å²) >= 11 is 0. The van der Waals surface area contributed by atoms with Crippen LogP contribution in [0, 0.1) is 0 Å². The fourth-order valence-electron chi connectivity index (χ4n) is 3.09. The molecule has 2 aliphatic carbocycles. The number of nitrogens with one attached hydrogen (secondary N) is 1. The second-order valence-electron chi connectivity index (χ2n) is 5.97. The van der Waals surface area contributed by atoms with Crippen molar-refractivity contribution >= 4 is 5.91 Å². The van der Waals surface area contributed by atoms with E-state index in [4.69, 9.17) is 5.73 Å². The maximum Gasteiger partial charge on any atom is 0.268 e. The lowest BCUT2D eigenvalue weighted by atomic mass is 9.91. The normalized spacial score (nSPS) is 27.8. The van der Waals surface area contributed by atoms with Gasteiger partial charge in [-0.3, -0.25) is 4.79 Å². The highest BCUT2D eigenvalue weighted by Gasteiger charge is 2.25. The Morgan fingerprint density at radius 1 is 1.21 bits per heavy atom. The lowest BCUT2D eigenvalue weighted by molar-refractivity contribution is 0.0910. The quantitative estimate of drug-likeness (QED) is 0.876. The Labute approximate surface area is 114 Å². The Balaban J connectivity index is 1.62. The molecule has 1 amide bonds. The number of nitrogens with zero attached hydrogens (tertiary/aromatic N) is 1. The predicted molar refractivity (Wildman–Crippen MR) is 75.0 cm³/mol. The third-order valence-corrected chi connectivity index (χ3v) is 4.59. The fourth-order valence-corrected chi connectivity index (χ4v) is 3.09. The van der Waals surface area contributed by atoms with E-state index in [1.165, 1.54) is 19.3 Å². The van der Waals surface area contributed by atoms with Gasteiger partial charge in [0.15, 0.2) is 0 Å². The zero-order chi connectivity index (χ0) is 13.2. The standard InChI is InChI=1S/C15H23N3O/c16-11-6-8-12(9-7-11)17-15(19)14-5-2-10-18(14)13-3-1-4-13/h2,5,10-13H,1,3-4,6-9,16H2,(H,17,19). The largest absolute Gasteiger partial charge is 0.348 e. The van der Waals surface area contributed by atoms with Crippen LogP contribution in [0.25, 0.3) is 0 Å². The molecule has 0 aromatic carbocycles. The molecule has 0 saturated heterocycles. The van der Waals surface area contributed by atoms with Gasteiger partial charge in [-0.2, -0.15) is 0 Å². The molecule has 0 spiro atoms. The maximum absolute atomic E-state index is 12.4. The molecule has 19 heavy (non-hydrogen) atoms. The topological polar surface area (TPSA) is 60.0 Å². The van der Waals surface area contributed by atoms with Crippen molar-refractivity contribution in [1.29, 1.82) is 0 Å². The second-order valence-corrected chi connectivity index (χ2v) is 5.97. The van der Waals surface area contributed by atoms with Crippen molar-refractivity contribution in [2.75, 3.05) is 0 Å². The van der Waals surface area contributed by atoms with E-state index in [0.29, 0.717) is 18.1 Å². The lowest BCUT2D eigenvalue weighted by Crippen LogP contribution is -2.41. The molecule has 3 rings (SSSR count). The van der Waals surface area contributed by atoms with Gasteiger partial charge in [0.2, 0.25) is 0 Å². The van der Waals surface area contributed by atoms with Gasteiger partial charge >= 0.3 is 0 Å². The van der Waals surface area contributed by atoms with Crippen LogP contribution in [0.5, 0.6) is 0 Å². The molecule has 1 aromatic rings. The highest BCUT2D eigenvalue weighted by molar-refractivity contribution is 5.93. The van der Waals surface area contributed by atoms with Gasteiger partial charge in [0.1, 0.15) is 5.69 Å². The van der Waals surface area contributed by atoms with Crippen molar-refractivity contribution in [2.24, 2.45) is 5.73 Å². The average molecular weight is 261 g/mol. The Morgan fingerprint density at radius 2 is 1.95 bits per heavy atom. The zero-order valence-corrected chi connectivity index (χ0v) is 11.3. The summed E-state index contributed by atoms with van der Waals surface area (Å²) < 4.78 is 2.15. The van der Waals surface area contributed by atoms with E-state index < -0.39 is 0 Å². The third-order valence-electron chi connectivity index (χ3n) is 4.59. The first-order chi connectivity index (χ1) is 9.24. The Kier molecular flexibility index (Phi) is 3.60. The second kappa shape index (κ2) is 5.37. The third kappa shape index (κ3) is 2.68. The van der Waals surface area contributed by atoms with Crippen LogP contribution in [0.1, 0.15) is 61.5 Å². The Hall–Kier alpha value is -1.29. The minimum atomic E-state index is 0.0809. The number of rotatable bonds is 3. The van der Waals surface area contributed by atoms with Gasteiger partial charge in [-0.05, 0) is 57.1 Å². The summed E-state index contributed by atoms with van der Waals surface area (Å²) in [6.07, 6.45) is 9.79. The molecule has 0 unspecified atom stereocenters. The van der Waals surface area contributed by atoms with Gasteiger partial charge < -0.3 is 15.6 Å². The molecule has 2 aliphatic rings. The number of carbonyl (C=O) groups excluding carboxylic acids is 1. The van der Waals surface area contributed by atoms with Crippen molar-refractivity contribution in [2.45, 2.75) is 63.1 Å². The van der Waals surface area contributed by atoms with Gasteiger partial charge in [0, 0.05) is 24.3 Å². The zero-order valence-electron chi connectivity index (χ0n) is 11.3. The van der Waals surface area contributed by atoms with Crippen LogP contribution in [-0.4, -0.2) is 22.6 Å². The first-order valence-corrected chi connectivity index (χ1v) is 7.47. The molecular formula is C15H23N3O. The van der Waals surface area contributed by atoms with Crippen molar-refractivity contribution in [1.82, 2.24) is 9.88 Å². The van der Waals surface area contributed by atoms with E-state index in [2.05, 4.69) is 9.88 Å².